The lowest BCUT2D eigenvalue weighted by molar-refractivity contribution is 0.258. The second-order valence-electron chi connectivity index (χ2n) is 4.69. The van der Waals surface area contributed by atoms with Crippen molar-refractivity contribution in [1.29, 1.82) is 0 Å². The molecule has 0 spiro atoms. The van der Waals surface area contributed by atoms with Gasteiger partial charge in [-0.15, -0.1) is 0 Å². The van der Waals surface area contributed by atoms with Gasteiger partial charge < -0.3 is 9.84 Å². The van der Waals surface area contributed by atoms with Gasteiger partial charge in [-0.2, -0.15) is 0 Å². The van der Waals surface area contributed by atoms with Crippen molar-refractivity contribution in [3.05, 3.63) is 64.5 Å². The molecule has 0 amide bonds. The maximum Gasteiger partial charge on any atom is 0.125 e. The van der Waals surface area contributed by atoms with Crippen molar-refractivity contribution in [2.45, 2.75) is 27.1 Å². The zero-order valence-corrected chi connectivity index (χ0v) is 11.1. The smallest absolute Gasteiger partial charge is 0.125 e. The summed E-state index contributed by atoms with van der Waals surface area (Å²) in [5.41, 5.74) is 3.88. The molecule has 0 radical (unpaired) electrons. The number of halogens is 1. The predicted molar refractivity (Wildman–Crippen MR) is 72.6 cm³/mol. The van der Waals surface area contributed by atoms with Gasteiger partial charge in [-0.3, -0.25) is 0 Å². The summed E-state index contributed by atoms with van der Waals surface area (Å²) in [6.45, 7) is 4.24. The minimum atomic E-state index is -0.372. The van der Waals surface area contributed by atoms with Crippen LogP contribution in [-0.2, 0) is 13.2 Å². The molecule has 2 aromatic rings. The zero-order chi connectivity index (χ0) is 13.8. The van der Waals surface area contributed by atoms with Gasteiger partial charge in [-0.25, -0.2) is 4.39 Å². The van der Waals surface area contributed by atoms with E-state index in [1.54, 1.807) is 6.07 Å². The van der Waals surface area contributed by atoms with E-state index in [4.69, 9.17) is 4.74 Å². The van der Waals surface area contributed by atoms with Crippen LogP contribution in [0.15, 0.2) is 36.4 Å². The van der Waals surface area contributed by atoms with E-state index in [0.29, 0.717) is 17.9 Å². The summed E-state index contributed by atoms with van der Waals surface area (Å²) >= 11 is 0. The lowest BCUT2D eigenvalue weighted by Crippen LogP contribution is -2.00. The first-order valence-electron chi connectivity index (χ1n) is 6.18. The summed E-state index contributed by atoms with van der Waals surface area (Å²) in [4.78, 5) is 0. The van der Waals surface area contributed by atoms with E-state index in [-0.39, 0.29) is 12.4 Å². The molecule has 3 heteroatoms. The van der Waals surface area contributed by atoms with E-state index in [2.05, 4.69) is 18.2 Å². The van der Waals surface area contributed by atoms with Crippen LogP contribution in [-0.4, -0.2) is 5.11 Å². The van der Waals surface area contributed by atoms with Gasteiger partial charge >= 0.3 is 0 Å². The predicted octanol–water partition coefficient (Wildman–Crippen LogP) is 3.51. The summed E-state index contributed by atoms with van der Waals surface area (Å²) in [6.07, 6.45) is 0. The molecule has 0 saturated carbocycles. The van der Waals surface area contributed by atoms with Crippen molar-refractivity contribution >= 4 is 0 Å². The standard InChI is InChI=1S/C16H17FO2/c1-11-5-12(2)7-13(6-11)10-19-16-4-3-15(17)8-14(16)9-18/h3-8,18H,9-10H2,1-2H3. The van der Waals surface area contributed by atoms with Gasteiger partial charge in [0.2, 0.25) is 0 Å². The summed E-state index contributed by atoms with van der Waals surface area (Å²) in [7, 11) is 0. The SMILES string of the molecule is Cc1cc(C)cc(COc2ccc(F)cc2CO)c1. The molecule has 0 aliphatic rings. The fraction of sp³-hybridized carbons (Fsp3) is 0.250. The molecule has 0 aliphatic heterocycles. The first-order chi connectivity index (χ1) is 9.08. The largest absolute Gasteiger partial charge is 0.489 e. The molecular weight excluding hydrogens is 243 g/mol. The number of hydrogen-bond donors (Lipinski definition) is 1. The van der Waals surface area contributed by atoms with E-state index in [1.165, 1.54) is 23.3 Å². The lowest BCUT2D eigenvalue weighted by atomic mass is 10.1. The van der Waals surface area contributed by atoms with Crippen LogP contribution in [0.4, 0.5) is 4.39 Å². The Kier molecular flexibility index (Phi) is 4.17. The molecule has 0 heterocycles. The summed E-state index contributed by atoms with van der Waals surface area (Å²) in [5, 5.41) is 9.18. The number of ether oxygens (including phenoxy) is 1. The molecule has 1 N–H and O–H groups in total. The number of hydrogen-bond acceptors (Lipinski definition) is 2. The third-order valence-corrected chi connectivity index (χ3v) is 2.87. The highest BCUT2D eigenvalue weighted by Crippen LogP contribution is 2.21. The molecule has 0 unspecified atom stereocenters. The third-order valence-electron chi connectivity index (χ3n) is 2.87. The number of aliphatic hydroxyl groups excluding tert-OH is 1. The van der Waals surface area contributed by atoms with Crippen molar-refractivity contribution in [2.75, 3.05) is 0 Å². The summed E-state index contributed by atoms with van der Waals surface area (Å²) in [6, 6.07) is 10.4. The average molecular weight is 260 g/mol. The Morgan fingerprint density at radius 1 is 1.05 bits per heavy atom. The molecule has 2 rings (SSSR count). The van der Waals surface area contributed by atoms with Gasteiger partial charge in [-0.05, 0) is 37.6 Å². The molecule has 0 bridgehead atoms. The molecule has 100 valence electrons. The fourth-order valence-electron chi connectivity index (χ4n) is 2.13. The summed E-state index contributed by atoms with van der Waals surface area (Å²) < 4.78 is 18.7. The van der Waals surface area contributed by atoms with Gasteiger partial charge in [0.05, 0.1) is 6.61 Å². The highest BCUT2D eigenvalue weighted by atomic mass is 19.1. The highest BCUT2D eigenvalue weighted by Gasteiger charge is 2.05. The maximum atomic E-state index is 13.0. The number of benzene rings is 2. The van der Waals surface area contributed by atoms with E-state index in [1.807, 2.05) is 13.8 Å². The van der Waals surface area contributed by atoms with Crippen LogP contribution < -0.4 is 4.74 Å². The van der Waals surface area contributed by atoms with Crippen LogP contribution in [0.1, 0.15) is 22.3 Å². The molecular formula is C16H17FO2. The quantitative estimate of drug-likeness (QED) is 0.911. The van der Waals surface area contributed by atoms with Crippen molar-refractivity contribution in [1.82, 2.24) is 0 Å². The van der Waals surface area contributed by atoms with Crippen LogP contribution in [0, 0.1) is 19.7 Å². The first-order valence-corrected chi connectivity index (χ1v) is 6.18. The van der Waals surface area contributed by atoms with E-state index in [9.17, 15) is 9.50 Å². The Morgan fingerprint density at radius 2 is 1.74 bits per heavy atom. The molecule has 19 heavy (non-hydrogen) atoms. The second-order valence-corrected chi connectivity index (χ2v) is 4.69. The van der Waals surface area contributed by atoms with Gasteiger partial charge in [0.25, 0.3) is 0 Å². The lowest BCUT2D eigenvalue weighted by Gasteiger charge is -2.11. The molecule has 0 fully saturated rings. The Labute approximate surface area is 112 Å². The number of aryl methyl sites for hydroxylation is 2. The van der Waals surface area contributed by atoms with Crippen molar-refractivity contribution < 1.29 is 14.2 Å². The number of rotatable bonds is 4. The Morgan fingerprint density at radius 3 is 2.37 bits per heavy atom. The zero-order valence-electron chi connectivity index (χ0n) is 11.1. The van der Waals surface area contributed by atoms with E-state index >= 15 is 0 Å². The van der Waals surface area contributed by atoms with Gasteiger partial charge in [0.15, 0.2) is 0 Å². The molecule has 0 atom stereocenters. The fourth-order valence-corrected chi connectivity index (χ4v) is 2.13. The van der Waals surface area contributed by atoms with E-state index < -0.39 is 0 Å². The average Bonchev–Trinajstić information content (AvgIpc) is 2.36. The minimum Gasteiger partial charge on any atom is -0.489 e. The Balaban J connectivity index is 2.14. The molecule has 0 saturated heterocycles. The van der Waals surface area contributed by atoms with Gasteiger partial charge in [0.1, 0.15) is 18.2 Å². The topological polar surface area (TPSA) is 29.5 Å². The Hall–Kier alpha value is -1.87. The van der Waals surface area contributed by atoms with Crippen LogP contribution >= 0.6 is 0 Å². The van der Waals surface area contributed by atoms with Crippen LogP contribution in [0.5, 0.6) is 5.75 Å². The van der Waals surface area contributed by atoms with Crippen molar-refractivity contribution in [3.8, 4) is 5.75 Å². The van der Waals surface area contributed by atoms with Crippen LogP contribution in [0.2, 0.25) is 0 Å². The second kappa shape index (κ2) is 5.85. The highest BCUT2D eigenvalue weighted by molar-refractivity contribution is 5.34. The van der Waals surface area contributed by atoms with Crippen molar-refractivity contribution in [3.63, 3.8) is 0 Å². The normalized spacial score (nSPS) is 10.5. The van der Waals surface area contributed by atoms with Crippen LogP contribution in [0.3, 0.4) is 0 Å². The van der Waals surface area contributed by atoms with Crippen LogP contribution in [0.25, 0.3) is 0 Å². The Bertz CT molecular complexity index is 559. The molecule has 2 nitrogen and oxygen atoms in total. The molecule has 0 aromatic heterocycles. The first kappa shape index (κ1) is 13.6. The molecule has 2 aromatic carbocycles. The summed E-state index contributed by atoms with van der Waals surface area (Å²) in [5.74, 6) is 0.144. The van der Waals surface area contributed by atoms with Gasteiger partial charge in [0, 0.05) is 5.56 Å². The molecule has 0 aliphatic carbocycles. The number of aliphatic hydroxyl groups is 1. The van der Waals surface area contributed by atoms with Crippen molar-refractivity contribution in [2.24, 2.45) is 0 Å². The van der Waals surface area contributed by atoms with E-state index in [0.717, 1.165) is 5.56 Å². The minimum absolute atomic E-state index is 0.236. The third kappa shape index (κ3) is 3.55. The van der Waals surface area contributed by atoms with Gasteiger partial charge in [-0.1, -0.05) is 29.3 Å². The monoisotopic (exact) mass is 260 g/mol. The maximum absolute atomic E-state index is 13.0.